The van der Waals surface area contributed by atoms with E-state index in [1.807, 2.05) is 12.1 Å². The van der Waals surface area contributed by atoms with Crippen LogP contribution < -0.4 is 70.4 Å². The number of H-pyrrole nitrogens is 1. The molecule has 1 aromatic heterocycles. The van der Waals surface area contributed by atoms with Gasteiger partial charge in [-0.1, -0.05) is 95.8 Å². The van der Waals surface area contributed by atoms with Crippen LogP contribution in [0, 0.1) is 23.7 Å². The van der Waals surface area contributed by atoms with Crippen LogP contribution in [0.3, 0.4) is 0 Å². The lowest BCUT2D eigenvalue weighted by Crippen LogP contribution is -2.58. The number of aryl methyl sites for hydroxylation is 1. The van der Waals surface area contributed by atoms with Crippen LogP contribution in [0.1, 0.15) is 163 Å². The number of hydrogen-bond donors (Lipinski definition) is 17. The summed E-state index contributed by atoms with van der Waals surface area (Å²) in [6.45, 7) is 4.77. The van der Waals surface area contributed by atoms with Gasteiger partial charge in [0.05, 0.1) is 44.6 Å². The monoisotopic (exact) mass is 1660 g/mol. The van der Waals surface area contributed by atoms with Crippen LogP contribution in [-0.2, 0) is 113 Å². The Hall–Kier alpha value is -13.1. The molecule has 40 nitrogen and oxygen atoms in total. The molecule has 40 heteroatoms. The number of ketones is 4. The molecule has 0 aliphatic carbocycles. The number of nitrogens with two attached hydrogens (primary N) is 3. The summed E-state index contributed by atoms with van der Waals surface area (Å²) in [6.07, 6.45) is -0.480. The maximum atomic E-state index is 14.8. The Labute approximate surface area is 683 Å². The summed E-state index contributed by atoms with van der Waals surface area (Å²) >= 11 is 0. The molecule has 4 aromatic rings. The maximum absolute atomic E-state index is 14.8. The molecule has 2 heterocycles. The number of benzene rings is 3. The van der Waals surface area contributed by atoms with Crippen LogP contribution in [0.15, 0.2) is 79.0 Å². The molecule has 0 spiro atoms. The molecule has 13 atom stereocenters. The van der Waals surface area contributed by atoms with Crippen molar-refractivity contribution in [1.29, 1.82) is 0 Å². The Bertz CT molecular complexity index is 4310. The Morgan fingerprint density at radius 3 is 1.82 bits per heavy atom. The SMILES string of the molecule is CCCCCCCc1ccc(C(=O)N[C@@H](Cc2c[nH]c3ccccc23)C(=O)N[C@H](CC(N)=O)C(=O)C[C@@H](C)C(=O)N[C@@H]2C(=O)NCC(=O)N[C@@H](CCCN)C(=O)N[C@@H](CC(=O)O)C(=O)C[C@H](C)C(=O)N[C@@H](C)C(=O)NCC(=O)N[C@H](CO)C(=O)C[C@@H]([C@H](C)CC(=O)O)C(=O)N[C@@H](CC(=O)c3ccccc3N)C(=O)O[C@@H]2C)cc1.O=C=O.O=C=O. The number of fused-ring (bicyclic) bond motifs is 1. The van der Waals surface area contributed by atoms with E-state index in [-0.39, 0.29) is 54.9 Å². The van der Waals surface area contributed by atoms with Gasteiger partial charge in [-0.2, -0.15) is 19.2 Å². The highest BCUT2D eigenvalue weighted by atomic mass is 16.5. The Kier molecular flexibility index (Phi) is 43.6. The molecule has 11 amide bonds. The number of para-hydroxylation sites is 2. The fourth-order valence-corrected chi connectivity index (χ4v) is 12.4. The number of carbonyl (C=O) groups is 18. The van der Waals surface area contributed by atoms with Gasteiger partial charge in [0.2, 0.25) is 59.1 Å². The van der Waals surface area contributed by atoms with Crippen molar-refractivity contribution in [2.24, 2.45) is 35.1 Å². The number of unbranched alkanes of at least 4 members (excludes halogenated alkanes) is 4. The van der Waals surface area contributed by atoms with Gasteiger partial charge in [0.25, 0.3) is 5.91 Å². The summed E-state index contributed by atoms with van der Waals surface area (Å²) in [7, 11) is 0. The number of anilines is 1. The number of nitrogen functional groups attached to an aromatic ring is 1. The van der Waals surface area contributed by atoms with E-state index in [4.69, 9.17) is 41.1 Å². The zero-order valence-electron chi connectivity index (χ0n) is 66.6. The molecule has 646 valence electrons. The molecule has 20 N–H and O–H groups in total. The van der Waals surface area contributed by atoms with Crippen LogP contribution in [0.5, 0.6) is 0 Å². The number of aliphatic hydroxyl groups is 1. The molecule has 5 rings (SSSR count). The molecule has 0 bridgehead atoms. The predicted molar refractivity (Wildman–Crippen MR) is 416 cm³/mol. The van der Waals surface area contributed by atoms with E-state index in [0.29, 0.717) is 16.5 Å². The number of carboxylic acids is 2. The van der Waals surface area contributed by atoms with E-state index in [1.54, 1.807) is 42.6 Å². The van der Waals surface area contributed by atoms with Crippen LogP contribution in [0.4, 0.5) is 5.69 Å². The smallest absolute Gasteiger partial charge is 0.373 e. The minimum absolute atomic E-state index is 0.0116. The summed E-state index contributed by atoms with van der Waals surface area (Å²) in [5.41, 5.74) is 19.7. The van der Waals surface area contributed by atoms with Gasteiger partial charge >= 0.3 is 30.2 Å². The Morgan fingerprint density at radius 2 is 1.21 bits per heavy atom. The Morgan fingerprint density at radius 1 is 0.613 bits per heavy atom. The molecule has 3 aromatic carbocycles. The van der Waals surface area contributed by atoms with Crippen molar-refractivity contribution in [2.45, 2.75) is 199 Å². The number of carboxylic acid groups (broad SMARTS) is 2. The van der Waals surface area contributed by atoms with Gasteiger partial charge in [0.15, 0.2) is 23.1 Å². The highest BCUT2D eigenvalue weighted by molar-refractivity contribution is 6.05. The number of ether oxygens (including phenoxy) is 1. The number of carbonyl (C=O) groups excluding carboxylic acids is 20. The van der Waals surface area contributed by atoms with Crippen molar-refractivity contribution in [3.63, 3.8) is 0 Å². The number of amides is 11. The molecule has 1 saturated heterocycles. The van der Waals surface area contributed by atoms with E-state index in [2.05, 4.69) is 65.1 Å². The van der Waals surface area contributed by atoms with Gasteiger partial charge in [-0.25, -0.2) is 4.79 Å². The lowest BCUT2D eigenvalue weighted by molar-refractivity contribution is -0.193. The van der Waals surface area contributed by atoms with Crippen LogP contribution in [0.2, 0.25) is 0 Å². The molecule has 1 fully saturated rings. The second kappa shape index (κ2) is 51.8. The number of primary amides is 1. The first kappa shape index (κ1) is 100. The van der Waals surface area contributed by atoms with E-state index in [1.165, 1.54) is 52.0 Å². The summed E-state index contributed by atoms with van der Waals surface area (Å²) < 4.78 is 5.79. The van der Waals surface area contributed by atoms with Crippen molar-refractivity contribution in [3.8, 4) is 0 Å². The third kappa shape index (κ3) is 34.7. The van der Waals surface area contributed by atoms with Gasteiger partial charge in [0.1, 0.15) is 42.4 Å². The zero-order valence-corrected chi connectivity index (χ0v) is 66.6. The number of aliphatic carboxylic acids is 2. The second-order valence-corrected chi connectivity index (χ2v) is 28.4. The molecule has 1 aliphatic heterocycles. The molecule has 119 heavy (non-hydrogen) atoms. The van der Waals surface area contributed by atoms with Gasteiger partial charge in [0, 0.05) is 90.2 Å². The molecule has 0 unspecified atom stereocenters. The first-order valence-corrected chi connectivity index (χ1v) is 38.2. The summed E-state index contributed by atoms with van der Waals surface area (Å²) in [6, 6.07) is 5.15. The molecular weight excluding hydrogens is 1560 g/mol. The predicted octanol–water partition coefficient (Wildman–Crippen LogP) is -1.74. The number of aliphatic hydroxyl groups excluding tert-OH is 1. The van der Waals surface area contributed by atoms with E-state index < -0.39 is 249 Å². The number of aromatic nitrogens is 1. The normalized spacial score (nSPS) is 20.6. The minimum Gasteiger partial charge on any atom is -0.481 e. The fraction of sp³-hybridized carbons (Fsp3) is 0.494. The van der Waals surface area contributed by atoms with Crippen LogP contribution in [0.25, 0.3) is 10.9 Å². The highest BCUT2D eigenvalue weighted by Crippen LogP contribution is 2.25. The number of Topliss-reactive ketones (excluding diaryl/α,β-unsaturated/α-hetero) is 4. The summed E-state index contributed by atoms with van der Waals surface area (Å²) in [4.78, 5) is 284. The topological polar surface area (TPSA) is 660 Å². The molecular formula is C79H104N14O26. The van der Waals surface area contributed by atoms with E-state index >= 15 is 0 Å². The third-order valence-corrected chi connectivity index (χ3v) is 19.0. The van der Waals surface area contributed by atoms with E-state index in [9.17, 15) is 102 Å². The van der Waals surface area contributed by atoms with Crippen LogP contribution in [-0.4, -0.2) is 219 Å². The zero-order chi connectivity index (χ0) is 89.2. The quantitative estimate of drug-likeness (QED) is 0.0115. The van der Waals surface area contributed by atoms with Crippen molar-refractivity contribution in [2.75, 3.05) is 32.0 Å². The van der Waals surface area contributed by atoms with Crippen molar-refractivity contribution < 1.29 is 126 Å². The van der Waals surface area contributed by atoms with Gasteiger partial charge in [-0.15, -0.1) is 0 Å². The summed E-state index contributed by atoms with van der Waals surface area (Å²) in [5.74, 6) is -26.5. The maximum Gasteiger partial charge on any atom is 0.373 e. The first-order chi connectivity index (χ1) is 56.4. The minimum atomic E-state index is -2.17. The Balaban J connectivity index is 0.00000591. The third-order valence-electron chi connectivity index (χ3n) is 19.0. The average Bonchev–Trinajstić information content (AvgIpc) is 1.71. The van der Waals surface area contributed by atoms with E-state index in [0.717, 1.165) is 51.0 Å². The number of esters is 1. The largest absolute Gasteiger partial charge is 0.481 e. The van der Waals surface area contributed by atoms with Gasteiger partial charge in [-0.05, 0) is 93.5 Å². The van der Waals surface area contributed by atoms with Gasteiger partial charge < -0.3 is 95.4 Å². The number of aromatic amines is 1. The fourth-order valence-electron chi connectivity index (χ4n) is 12.4. The molecule has 0 radical (unpaired) electrons. The van der Waals surface area contributed by atoms with Crippen molar-refractivity contribution in [1.82, 2.24) is 58.2 Å². The summed E-state index contributed by atoms with van der Waals surface area (Å²) in [5, 5.41) is 54.3. The molecule has 0 saturated carbocycles. The average molecular weight is 1670 g/mol. The second-order valence-electron chi connectivity index (χ2n) is 28.4. The highest BCUT2D eigenvalue weighted by Gasteiger charge is 2.40. The lowest BCUT2D eigenvalue weighted by atomic mass is 9.84. The van der Waals surface area contributed by atoms with Crippen LogP contribution >= 0.6 is 0 Å². The number of hydrogen-bond acceptors (Lipinski definition) is 26. The number of rotatable bonds is 31. The number of cyclic esters (lactones) is 1. The van der Waals surface area contributed by atoms with Crippen molar-refractivity contribution in [3.05, 3.63) is 101 Å². The standard InChI is InChI=1S/C77H104N14O22.2CO2/c1-7-8-9-10-11-17-45-23-25-46(26-24-45)72(107)89-56(31-47-36-81-52-21-15-13-18-48(47)52)75(110)87-54(34-63(80)97)60(94)29-42(4)70(105)91-68-44(6)113-77(112)57(33-59(93)49-19-12-14-20-51(49)79)90-73(108)50(40(2)30-66(100)101)32-62(96)58(39-92)86-65(99)37-82-71(106)43(5)84-69(104)41(3)28-61(95)55(35-67(102)103)88-74(109)53(22-16-27-78)85-64(98)38-83-76(68)111;2*2-1-3/h12-15,18-21,23-26,36,40-44,50,53-58,68,81,92H,7-11,16-17,22,27-35,37-39,78-79H2,1-6H3,(H2,80,97)(H,82,106)(H,83,111)(H,84,104)(H,85,98)(H,86,99)(H,87,110)(H,88,109)(H,89,107)(H,90,108)(H,91,105)(H,100,101)(H,102,103);;/t40-,41+,42-,43+,44-,50+,53+,54-,55+,56+,57+,58-,68+;;/m1../s1. The van der Waals surface area contributed by atoms with Crippen molar-refractivity contribution >= 4 is 135 Å². The number of nitrogens with one attached hydrogen (secondary N) is 11. The van der Waals surface area contributed by atoms with Gasteiger partial charge in [-0.3, -0.25) is 81.5 Å². The molecule has 1 aliphatic rings. The lowest BCUT2D eigenvalue weighted by Gasteiger charge is -2.29. The first-order valence-electron chi connectivity index (χ1n) is 38.2.